The van der Waals surface area contributed by atoms with Gasteiger partial charge in [0.05, 0.1) is 6.54 Å². The van der Waals surface area contributed by atoms with E-state index in [1.165, 1.54) is 10.6 Å². The van der Waals surface area contributed by atoms with E-state index >= 15 is 0 Å². The zero-order valence-electron chi connectivity index (χ0n) is 11.3. The van der Waals surface area contributed by atoms with Crippen LogP contribution >= 0.6 is 0 Å². The van der Waals surface area contributed by atoms with Crippen LogP contribution in [0, 0.1) is 0 Å². The van der Waals surface area contributed by atoms with Gasteiger partial charge in [-0.05, 0) is 11.6 Å². The van der Waals surface area contributed by atoms with Gasteiger partial charge in [0.15, 0.2) is 0 Å². The largest absolute Gasteiger partial charge is 0.415 e. The molecule has 0 N–H and O–H groups in total. The lowest BCUT2D eigenvalue weighted by molar-refractivity contribution is 0.116. The minimum absolute atomic E-state index is 0.0979. The first kappa shape index (κ1) is 14.1. The fraction of sp³-hybridized carbons (Fsp3) is 0.133. The molecule has 0 aliphatic rings. The highest BCUT2D eigenvalue weighted by molar-refractivity contribution is 5.51. The molecule has 0 fully saturated rings. The quantitative estimate of drug-likeness (QED) is 0.743. The van der Waals surface area contributed by atoms with Gasteiger partial charge in [0, 0.05) is 17.8 Å². The predicted molar refractivity (Wildman–Crippen MR) is 74.5 cm³/mol. The van der Waals surface area contributed by atoms with Gasteiger partial charge in [-0.3, -0.25) is 4.79 Å². The molecule has 112 valence electrons. The van der Waals surface area contributed by atoms with Crippen LogP contribution in [0.25, 0.3) is 11.5 Å². The lowest BCUT2D eigenvalue weighted by Crippen LogP contribution is -2.19. The van der Waals surface area contributed by atoms with E-state index in [9.17, 15) is 13.6 Å². The number of hydrogen-bond donors (Lipinski definition) is 0. The minimum Gasteiger partial charge on any atom is -0.415 e. The summed E-state index contributed by atoms with van der Waals surface area (Å²) in [6, 6.07) is 12.4. The second-order valence-corrected chi connectivity index (χ2v) is 4.61. The van der Waals surface area contributed by atoms with E-state index in [0.29, 0.717) is 12.1 Å². The second kappa shape index (κ2) is 5.88. The van der Waals surface area contributed by atoms with Crippen molar-refractivity contribution in [1.82, 2.24) is 14.8 Å². The third-order valence-corrected chi connectivity index (χ3v) is 3.07. The summed E-state index contributed by atoms with van der Waals surface area (Å²) in [4.78, 5) is 12.1. The highest BCUT2D eigenvalue weighted by Crippen LogP contribution is 2.22. The number of pyridine rings is 1. The van der Waals surface area contributed by atoms with Crippen LogP contribution in [0.5, 0.6) is 0 Å². The Balaban J connectivity index is 1.87. The van der Waals surface area contributed by atoms with E-state index in [1.807, 2.05) is 30.3 Å². The van der Waals surface area contributed by atoms with Gasteiger partial charge >= 0.3 is 6.43 Å². The maximum atomic E-state index is 12.4. The molecule has 0 aliphatic carbocycles. The van der Waals surface area contributed by atoms with Gasteiger partial charge in [0.25, 0.3) is 11.4 Å². The number of nitrogens with zero attached hydrogens (tertiary/aromatic N) is 3. The van der Waals surface area contributed by atoms with Crippen molar-refractivity contribution in [2.45, 2.75) is 13.0 Å². The average Bonchev–Trinajstić information content (AvgIpc) is 3.00. The molecule has 3 aromatic rings. The van der Waals surface area contributed by atoms with Crippen molar-refractivity contribution in [3.05, 3.63) is 70.5 Å². The maximum absolute atomic E-state index is 12.4. The molecule has 5 nitrogen and oxygen atoms in total. The van der Waals surface area contributed by atoms with Crippen molar-refractivity contribution in [3.8, 4) is 11.5 Å². The Hall–Kier alpha value is -2.83. The van der Waals surface area contributed by atoms with Crippen LogP contribution in [-0.2, 0) is 6.54 Å². The van der Waals surface area contributed by atoms with Crippen LogP contribution in [0.1, 0.15) is 17.9 Å². The van der Waals surface area contributed by atoms with Crippen LogP contribution in [0.4, 0.5) is 8.78 Å². The van der Waals surface area contributed by atoms with Crippen LogP contribution in [0.2, 0.25) is 0 Å². The molecular formula is C15H11F2N3O2. The van der Waals surface area contributed by atoms with Gasteiger partial charge in [-0.1, -0.05) is 30.3 Å². The monoisotopic (exact) mass is 303 g/mol. The van der Waals surface area contributed by atoms with E-state index in [4.69, 9.17) is 4.42 Å². The summed E-state index contributed by atoms with van der Waals surface area (Å²) >= 11 is 0. The number of rotatable bonds is 4. The molecule has 1 aromatic carbocycles. The third kappa shape index (κ3) is 2.93. The fourth-order valence-corrected chi connectivity index (χ4v) is 1.99. The van der Waals surface area contributed by atoms with Crippen LogP contribution in [0.3, 0.4) is 0 Å². The summed E-state index contributed by atoms with van der Waals surface area (Å²) in [7, 11) is 0. The molecule has 0 spiro atoms. The Morgan fingerprint density at radius 3 is 2.55 bits per heavy atom. The van der Waals surface area contributed by atoms with Crippen LogP contribution < -0.4 is 5.56 Å². The molecule has 0 saturated heterocycles. The van der Waals surface area contributed by atoms with Gasteiger partial charge in [0.1, 0.15) is 0 Å². The molecule has 7 heteroatoms. The van der Waals surface area contributed by atoms with Gasteiger partial charge in [-0.15, -0.1) is 10.2 Å². The van der Waals surface area contributed by atoms with E-state index in [1.54, 1.807) is 12.3 Å². The summed E-state index contributed by atoms with van der Waals surface area (Å²) in [5.41, 5.74) is 1.02. The Bertz CT molecular complexity index is 828. The van der Waals surface area contributed by atoms with Gasteiger partial charge in [-0.25, -0.2) is 0 Å². The van der Waals surface area contributed by atoms with Crippen molar-refractivity contribution in [2.24, 2.45) is 0 Å². The predicted octanol–water partition coefficient (Wildman–Crippen LogP) is 2.88. The average molecular weight is 303 g/mol. The molecule has 0 bridgehead atoms. The number of benzene rings is 1. The zero-order chi connectivity index (χ0) is 15.5. The topological polar surface area (TPSA) is 60.9 Å². The highest BCUT2D eigenvalue weighted by atomic mass is 19.3. The fourth-order valence-electron chi connectivity index (χ4n) is 1.99. The normalized spacial score (nSPS) is 11.0. The van der Waals surface area contributed by atoms with E-state index in [-0.39, 0.29) is 11.4 Å². The van der Waals surface area contributed by atoms with Crippen molar-refractivity contribution >= 4 is 0 Å². The maximum Gasteiger partial charge on any atom is 0.314 e. The number of alkyl halides is 2. The Morgan fingerprint density at radius 1 is 1.14 bits per heavy atom. The van der Waals surface area contributed by atoms with Gasteiger partial charge in [-0.2, -0.15) is 8.78 Å². The summed E-state index contributed by atoms with van der Waals surface area (Å²) in [5.74, 6) is -0.859. The minimum atomic E-state index is -2.83. The standard InChI is InChI=1S/C15H11F2N3O2/c16-13(17)15-19-18-14(22-15)11-6-7-20(12(21)8-11)9-10-4-2-1-3-5-10/h1-8,13H,9H2. The van der Waals surface area contributed by atoms with E-state index in [0.717, 1.165) is 5.56 Å². The molecule has 3 rings (SSSR count). The molecule has 0 atom stereocenters. The summed E-state index contributed by atoms with van der Waals surface area (Å²) < 4.78 is 31.2. The molecule has 0 aliphatic heterocycles. The summed E-state index contributed by atoms with van der Waals surface area (Å²) in [6.07, 6.45) is -1.27. The Kier molecular flexibility index (Phi) is 3.78. The van der Waals surface area contributed by atoms with Crippen molar-refractivity contribution < 1.29 is 13.2 Å². The first-order valence-corrected chi connectivity index (χ1v) is 6.50. The van der Waals surface area contributed by atoms with E-state index < -0.39 is 12.3 Å². The lowest BCUT2D eigenvalue weighted by Gasteiger charge is -2.05. The van der Waals surface area contributed by atoms with Crippen molar-refractivity contribution in [3.63, 3.8) is 0 Å². The van der Waals surface area contributed by atoms with Crippen molar-refractivity contribution in [1.29, 1.82) is 0 Å². The molecule has 0 saturated carbocycles. The van der Waals surface area contributed by atoms with Crippen LogP contribution in [0.15, 0.2) is 57.9 Å². The first-order chi connectivity index (χ1) is 10.6. The number of halogens is 2. The molecule has 2 aromatic heterocycles. The molecule has 22 heavy (non-hydrogen) atoms. The molecule has 0 amide bonds. The summed E-state index contributed by atoms with van der Waals surface area (Å²) in [6.45, 7) is 0.423. The third-order valence-electron chi connectivity index (χ3n) is 3.07. The second-order valence-electron chi connectivity index (χ2n) is 4.61. The SMILES string of the molecule is O=c1cc(-c2nnc(C(F)F)o2)ccn1Cc1ccccc1. The molecule has 2 heterocycles. The van der Waals surface area contributed by atoms with Crippen LogP contribution in [-0.4, -0.2) is 14.8 Å². The van der Waals surface area contributed by atoms with E-state index in [2.05, 4.69) is 10.2 Å². The van der Waals surface area contributed by atoms with Gasteiger partial charge in [0.2, 0.25) is 5.89 Å². The van der Waals surface area contributed by atoms with Gasteiger partial charge < -0.3 is 8.98 Å². The smallest absolute Gasteiger partial charge is 0.314 e. The number of hydrogen-bond acceptors (Lipinski definition) is 4. The van der Waals surface area contributed by atoms with Crippen molar-refractivity contribution in [2.75, 3.05) is 0 Å². The highest BCUT2D eigenvalue weighted by Gasteiger charge is 2.17. The Labute approximate surface area is 123 Å². The molecular weight excluding hydrogens is 292 g/mol. The summed E-state index contributed by atoms with van der Waals surface area (Å²) in [5, 5.41) is 6.75. The molecule has 0 radical (unpaired) electrons. The Morgan fingerprint density at radius 2 is 1.91 bits per heavy atom. The molecule has 0 unspecified atom stereocenters. The lowest BCUT2D eigenvalue weighted by atomic mass is 10.2. The first-order valence-electron chi connectivity index (χ1n) is 6.50. The zero-order valence-corrected chi connectivity index (χ0v) is 11.3. The number of aromatic nitrogens is 3.